The Kier molecular flexibility index (Phi) is 5.15. The molecule has 0 bridgehead atoms. The molecule has 7 nitrogen and oxygen atoms in total. The minimum absolute atomic E-state index is 0.0547. The average Bonchev–Trinajstić information content (AvgIpc) is 3.34. The smallest absolute Gasteiger partial charge is 0.228 e. The number of aromatic nitrogens is 4. The highest BCUT2D eigenvalue weighted by molar-refractivity contribution is 7.08. The van der Waals surface area contributed by atoms with Crippen LogP contribution in [0.25, 0.3) is 5.82 Å². The maximum Gasteiger partial charge on any atom is 0.228 e. The van der Waals surface area contributed by atoms with Gasteiger partial charge in [-0.15, -0.1) is 0 Å². The van der Waals surface area contributed by atoms with E-state index >= 15 is 0 Å². The Labute approximate surface area is 162 Å². The zero-order chi connectivity index (χ0) is 18.6. The second kappa shape index (κ2) is 7.87. The molecule has 1 N–H and O–H groups in total. The first kappa shape index (κ1) is 17.7. The zero-order valence-electron chi connectivity index (χ0n) is 15.2. The number of nitrogens with zero attached hydrogens (tertiary/aromatic N) is 5. The lowest BCUT2D eigenvalue weighted by Crippen LogP contribution is -2.33. The lowest BCUT2D eigenvalue weighted by Gasteiger charge is -2.32. The highest BCUT2D eigenvalue weighted by Gasteiger charge is 2.20. The molecule has 3 aromatic heterocycles. The second-order valence-electron chi connectivity index (χ2n) is 6.93. The van der Waals surface area contributed by atoms with Crippen molar-refractivity contribution in [1.29, 1.82) is 0 Å². The van der Waals surface area contributed by atoms with E-state index in [9.17, 15) is 4.79 Å². The minimum atomic E-state index is -0.0547. The van der Waals surface area contributed by atoms with Crippen LogP contribution < -0.4 is 10.2 Å². The molecule has 8 heteroatoms. The Balaban J connectivity index is 1.49. The third kappa shape index (κ3) is 4.16. The van der Waals surface area contributed by atoms with Gasteiger partial charge >= 0.3 is 0 Å². The van der Waals surface area contributed by atoms with E-state index in [0.717, 1.165) is 48.9 Å². The van der Waals surface area contributed by atoms with Crippen LogP contribution in [-0.2, 0) is 11.2 Å². The molecule has 1 fully saturated rings. The summed E-state index contributed by atoms with van der Waals surface area (Å²) in [7, 11) is 0. The number of carbonyl (C=O) groups excluding carboxylic acids is 1. The van der Waals surface area contributed by atoms with Crippen LogP contribution in [0, 0.1) is 5.92 Å². The summed E-state index contributed by atoms with van der Waals surface area (Å²) in [6.07, 6.45) is 9.50. The predicted molar refractivity (Wildman–Crippen MR) is 106 cm³/mol. The summed E-state index contributed by atoms with van der Waals surface area (Å²) in [5.74, 6) is 1.43. The molecular formula is C19H22N6OS. The Morgan fingerprint density at radius 1 is 1.33 bits per heavy atom. The van der Waals surface area contributed by atoms with E-state index in [-0.39, 0.29) is 5.91 Å². The number of hydrogen-bond donors (Lipinski definition) is 1. The van der Waals surface area contributed by atoms with Crippen LogP contribution in [0.4, 0.5) is 11.4 Å². The van der Waals surface area contributed by atoms with E-state index in [2.05, 4.69) is 32.2 Å². The van der Waals surface area contributed by atoms with Crippen molar-refractivity contribution in [3.8, 4) is 5.82 Å². The molecule has 0 atom stereocenters. The molecule has 1 amide bonds. The van der Waals surface area contributed by atoms with Crippen molar-refractivity contribution in [1.82, 2.24) is 19.7 Å². The van der Waals surface area contributed by atoms with Gasteiger partial charge in [0.2, 0.25) is 5.91 Å². The number of thiophene rings is 1. The van der Waals surface area contributed by atoms with E-state index in [4.69, 9.17) is 0 Å². The molecule has 4 rings (SSSR count). The van der Waals surface area contributed by atoms with Crippen molar-refractivity contribution in [2.45, 2.75) is 26.2 Å². The molecule has 0 aliphatic carbocycles. The van der Waals surface area contributed by atoms with E-state index in [1.807, 2.05) is 23.0 Å². The standard InChI is InChI=1S/C19H22N6OS/c1-14-2-5-24(6-3-14)17-10-20-13-21-19(17)25-11-16(9-22-25)23-18(26)8-15-4-7-27-12-15/h4,7,9-14H,2-3,5-6,8H2,1H3,(H,23,26). The molecule has 0 radical (unpaired) electrons. The molecule has 1 saturated heterocycles. The first-order chi connectivity index (χ1) is 13.2. The third-order valence-electron chi connectivity index (χ3n) is 4.83. The van der Waals surface area contributed by atoms with Crippen LogP contribution in [-0.4, -0.2) is 38.7 Å². The highest BCUT2D eigenvalue weighted by atomic mass is 32.1. The third-order valence-corrected chi connectivity index (χ3v) is 5.56. The zero-order valence-corrected chi connectivity index (χ0v) is 16.0. The fraction of sp³-hybridized carbons (Fsp3) is 0.368. The van der Waals surface area contributed by atoms with E-state index < -0.39 is 0 Å². The van der Waals surface area contributed by atoms with Crippen LogP contribution in [0.5, 0.6) is 0 Å². The van der Waals surface area contributed by atoms with Gasteiger partial charge in [-0.25, -0.2) is 14.6 Å². The lowest BCUT2D eigenvalue weighted by molar-refractivity contribution is -0.115. The minimum Gasteiger partial charge on any atom is -0.367 e. The Morgan fingerprint density at radius 3 is 2.96 bits per heavy atom. The number of hydrogen-bond acceptors (Lipinski definition) is 6. The Morgan fingerprint density at radius 2 is 2.19 bits per heavy atom. The fourth-order valence-electron chi connectivity index (χ4n) is 3.25. The van der Waals surface area contributed by atoms with E-state index in [1.165, 1.54) is 6.33 Å². The molecule has 140 valence electrons. The first-order valence-electron chi connectivity index (χ1n) is 9.10. The number of amides is 1. The summed E-state index contributed by atoms with van der Waals surface area (Å²) in [6.45, 7) is 4.28. The van der Waals surface area contributed by atoms with Gasteiger partial charge in [0.25, 0.3) is 0 Å². The van der Waals surface area contributed by atoms with Gasteiger partial charge in [0.05, 0.1) is 30.7 Å². The molecule has 3 aromatic rings. The second-order valence-corrected chi connectivity index (χ2v) is 7.71. The van der Waals surface area contributed by atoms with Gasteiger partial charge in [-0.2, -0.15) is 16.4 Å². The molecule has 0 saturated carbocycles. The van der Waals surface area contributed by atoms with Gasteiger partial charge in [-0.05, 0) is 41.1 Å². The molecule has 4 heterocycles. The summed E-state index contributed by atoms with van der Waals surface area (Å²) < 4.78 is 1.70. The van der Waals surface area contributed by atoms with Crippen molar-refractivity contribution in [2.75, 3.05) is 23.3 Å². The van der Waals surface area contributed by atoms with E-state index in [0.29, 0.717) is 12.1 Å². The van der Waals surface area contributed by atoms with Crippen molar-refractivity contribution < 1.29 is 4.79 Å². The number of carbonyl (C=O) groups is 1. The van der Waals surface area contributed by atoms with Crippen LogP contribution in [0.1, 0.15) is 25.3 Å². The lowest BCUT2D eigenvalue weighted by atomic mass is 9.99. The van der Waals surface area contributed by atoms with Gasteiger partial charge in [-0.3, -0.25) is 4.79 Å². The van der Waals surface area contributed by atoms with Gasteiger partial charge < -0.3 is 10.2 Å². The van der Waals surface area contributed by atoms with Crippen molar-refractivity contribution in [2.24, 2.45) is 5.92 Å². The maximum absolute atomic E-state index is 12.2. The van der Waals surface area contributed by atoms with E-state index in [1.54, 1.807) is 28.4 Å². The first-order valence-corrected chi connectivity index (χ1v) is 10.0. The summed E-state index contributed by atoms with van der Waals surface area (Å²) in [5, 5.41) is 11.2. The van der Waals surface area contributed by atoms with Gasteiger partial charge in [0.15, 0.2) is 5.82 Å². The normalized spacial score (nSPS) is 15.1. The number of rotatable bonds is 5. The number of nitrogens with one attached hydrogen (secondary N) is 1. The molecule has 0 aromatic carbocycles. The topological polar surface area (TPSA) is 75.9 Å². The molecule has 0 unspecified atom stereocenters. The molecule has 27 heavy (non-hydrogen) atoms. The molecule has 1 aliphatic rings. The van der Waals surface area contributed by atoms with Crippen LogP contribution >= 0.6 is 11.3 Å². The predicted octanol–water partition coefficient (Wildman–Crippen LogP) is 3.14. The van der Waals surface area contributed by atoms with Gasteiger partial charge in [-0.1, -0.05) is 6.92 Å². The quantitative estimate of drug-likeness (QED) is 0.734. The van der Waals surface area contributed by atoms with Crippen molar-refractivity contribution in [3.63, 3.8) is 0 Å². The largest absolute Gasteiger partial charge is 0.367 e. The maximum atomic E-state index is 12.2. The van der Waals surface area contributed by atoms with Crippen LogP contribution in [0.15, 0.2) is 41.7 Å². The summed E-state index contributed by atoms with van der Waals surface area (Å²) in [6, 6.07) is 1.96. The summed E-state index contributed by atoms with van der Waals surface area (Å²) in [4.78, 5) is 23.1. The van der Waals surface area contributed by atoms with Gasteiger partial charge in [0, 0.05) is 13.1 Å². The number of piperidine rings is 1. The molecular weight excluding hydrogens is 360 g/mol. The van der Waals surface area contributed by atoms with Crippen molar-refractivity contribution in [3.05, 3.63) is 47.3 Å². The monoisotopic (exact) mass is 382 g/mol. The SMILES string of the molecule is CC1CCN(c2cncnc2-n2cc(NC(=O)Cc3ccsc3)cn2)CC1. The summed E-state index contributed by atoms with van der Waals surface area (Å²) in [5.41, 5.74) is 2.65. The van der Waals surface area contributed by atoms with Crippen molar-refractivity contribution >= 4 is 28.6 Å². The summed E-state index contributed by atoms with van der Waals surface area (Å²) >= 11 is 1.59. The fourth-order valence-corrected chi connectivity index (χ4v) is 3.92. The van der Waals surface area contributed by atoms with Gasteiger partial charge in [0.1, 0.15) is 12.0 Å². The van der Waals surface area contributed by atoms with Crippen LogP contribution in [0.3, 0.4) is 0 Å². The molecule has 0 spiro atoms. The average molecular weight is 382 g/mol. The Hall–Kier alpha value is -2.74. The van der Waals surface area contributed by atoms with Crippen LogP contribution in [0.2, 0.25) is 0 Å². The number of anilines is 2. The Bertz CT molecular complexity index is 899. The molecule has 1 aliphatic heterocycles. The highest BCUT2D eigenvalue weighted by Crippen LogP contribution is 2.26.